The van der Waals surface area contributed by atoms with Crippen molar-refractivity contribution in [3.63, 3.8) is 0 Å². The third-order valence-electron chi connectivity index (χ3n) is 4.11. The number of para-hydroxylation sites is 2. The molecule has 1 aliphatic heterocycles. The summed E-state index contributed by atoms with van der Waals surface area (Å²) in [5.41, 5.74) is 0.339. The predicted octanol–water partition coefficient (Wildman–Crippen LogP) is 2.71. The summed E-state index contributed by atoms with van der Waals surface area (Å²) in [6.07, 6.45) is 1.56. The Morgan fingerprint density at radius 2 is 1.96 bits per heavy atom. The van der Waals surface area contributed by atoms with Crippen LogP contribution in [0.1, 0.15) is 24.3 Å². The second-order valence-corrected chi connectivity index (χ2v) is 6.67. The first-order chi connectivity index (χ1) is 12.0. The number of nitrogens with zero attached hydrogens (tertiary/aromatic N) is 2. The molecule has 1 aromatic heterocycles. The number of pyridine rings is 1. The zero-order valence-electron chi connectivity index (χ0n) is 14.8. The van der Waals surface area contributed by atoms with Crippen molar-refractivity contribution < 1.29 is 14.3 Å². The Hall–Kier alpha value is -2.60. The highest BCUT2D eigenvalue weighted by molar-refractivity contribution is 5.92. The molecule has 0 radical (unpaired) electrons. The van der Waals surface area contributed by atoms with Gasteiger partial charge < -0.3 is 19.7 Å². The SMILES string of the molecule is COc1ccccc1Oc1ccc(C(=O)N2CCNC(C)(C)C2)nc1. The molecule has 1 N–H and O–H groups in total. The van der Waals surface area contributed by atoms with E-state index in [1.807, 2.05) is 29.2 Å². The molecular weight excluding hydrogens is 318 g/mol. The molecule has 0 spiro atoms. The van der Waals surface area contributed by atoms with Crippen LogP contribution in [0.4, 0.5) is 0 Å². The molecule has 2 heterocycles. The van der Waals surface area contributed by atoms with E-state index in [0.29, 0.717) is 36.0 Å². The molecule has 1 aliphatic rings. The quantitative estimate of drug-likeness (QED) is 0.926. The number of aromatic nitrogens is 1. The summed E-state index contributed by atoms with van der Waals surface area (Å²) in [5.74, 6) is 1.75. The molecule has 1 aromatic carbocycles. The van der Waals surface area contributed by atoms with Crippen LogP contribution in [0.5, 0.6) is 17.2 Å². The van der Waals surface area contributed by atoms with Crippen LogP contribution in [-0.4, -0.2) is 48.1 Å². The van der Waals surface area contributed by atoms with E-state index < -0.39 is 0 Å². The monoisotopic (exact) mass is 341 g/mol. The Kier molecular flexibility index (Phi) is 4.90. The molecule has 25 heavy (non-hydrogen) atoms. The van der Waals surface area contributed by atoms with Gasteiger partial charge in [-0.25, -0.2) is 4.98 Å². The average Bonchev–Trinajstić information content (AvgIpc) is 2.61. The Bertz CT molecular complexity index is 744. The molecular formula is C19H23N3O3. The lowest BCUT2D eigenvalue weighted by Crippen LogP contribution is -2.58. The number of methoxy groups -OCH3 is 1. The number of carbonyl (C=O) groups excluding carboxylic acids is 1. The summed E-state index contributed by atoms with van der Waals surface area (Å²) in [6.45, 7) is 6.30. The molecule has 0 saturated carbocycles. The third-order valence-corrected chi connectivity index (χ3v) is 4.11. The van der Waals surface area contributed by atoms with Crippen molar-refractivity contribution >= 4 is 5.91 Å². The lowest BCUT2D eigenvalue weighted by molar-refractivity contribution is 0.0646. The number of hydrogen-bond acceptors (Lipinski definition) is 5. The summed E-state index contributed by atoms with van der Waals surface area (Å²) in [7, 11) is 1.59. The number of rotatable bonds is 4. The maximum Gasteiger partial charge on any atom is 0.272 e. The van der Waals surface area contributed by atoms with Gasteiger partial charge >= 0.3 is 0 Å². The zero-order valence-corrected chi connectivity index (χ0v) is 14.8. The molecule has 132 valence electrons. The van der Waals surface area contributed by atoms with E-state index in [9.17, 15) is 4.79 Å². The highest BCUT2D eigenvalue weighted by atomic mass is 16.5. The lowest BCUT2D eigenvalue weighted by atomic mass is 10.0. The maximum atomic E-state index is 12.6. The van der Waals surface area contributed by atoms with Gasteiger partial charge in [-0.15, -0.1) is 0 Å². The van der Waals surface area contributed by atoms with Gasteiger partial charge in [-0.1, -0.05) is 12.1 Å². The Labute approximate surface area is 147 Å². The first-order valence-corrected chi connectivity index (χ1v) is 8.30. The fraction of sp³-hybridized carbons (Fsp3) is 0.368. The van der Waals surface area contributed by atoms with Crippen LogP contribution in [0.3, 0.4) is 0 Å². The molecule has 0 aliphatic carbocycles. The molecule has 6 nitrogen and oxygen atoms in total. The van der Waals surface area contributed by atoms with E-state index >= 15 is 0 Å². The van der Waals surface area contributed by atoms with Crippen LogP contribution in [0.25, 0.3) is 0 Å². The molecule has 0 bridgehead atoms. The van der Waals surface area contributed by atoms with Crippen molar-refractivity contribution in [2.75, 3.05) is 26.7 Å². The van der Waals surface area contributed by atoms with Crippen molar-refractivity contribution in [1.29, 1.82) is 0 Å². The highest BCUT2D eigenvalue weighted by Crippen LogP contribution is 2.30. The first-order valence-electron chi connectivity index (χ1n) is 8.30. The minimum absolute atomic E-state index is 0.0570. The number of hydrogen-bond donors (Lipinski definition) is 1. The largest absolute Gasteiger partial charge is 0.493 e. The van der Waals surface area contributed by atoms with Gasteiger partial charge in [0.1, 0.15) is 11.4 Å². The van der Waals surface area contributed by atoms with E-state index in [2.05, 4.69) is 24.1 Å². The summed E-state index contributed by atoms with van der Waals surface area (Å²) < 4.78 is 11.1. The topological polar surface area (TPSA) is 63.7 Å². The van der Waals surface area contributed by atoms with Crippen molar-refractivity contribution in [1.82, 2.24) is 15.2 Å². The van der Waals surface area contributed by atoms with Crippen molar-refractivity contribution in [3.05, 3.63) is 48.3 Å². The summed E-state index contributed by atoms with van der Waals surface area (Å²) in [6, 6.07) is 10.8. The summed E-state index contributed by atoms with van der Waals surface area (Å²) in [5, 5.41) is 3.40. The standard InChI is InChI=1S/C19H23N3O3/c1-19(2)13-22(11-10-21-19)18(23)15-9-8-14(12-20-15)25-17-7-5-4-6-16(17)24-3/h4-9,12,21H,10-11,13H2,1-3H3. The molecule has 2 aromatic rings. The molecule has 3 rings (SSSR count). The minimum Gasteiger partial charge on any atom is -0.493 e. The van der Waals surface area contributed by atoms with Crippen LogP contribution in [0.2, 0.25) is 0 Å². The number of benzene rings is 1. The van der Waals surface area contributed by atoms with Crippen LogP contribution < -0.4 is 14.8 Å². The van der Waals surface area contributed by atoms with Gasteiger partial charge in [0, 0.05) is 25.2 Å². The molecule has 0 unspecified atom stereocenters. The fourth-order valence-corrected chi connectivity index (χ4v) is 2.87. The van der Waals surface area contributed by atoms with Crippen molar-refractivity contribution in [3.8, 4) is 17.2 Å². The predicted molar refractivity (Wildman–Crippen MR) is 95.3 cm³/mol. The number of ether oxygens (including phenoxy) is 2. The minimum atomic E-state index is -0.0825. The van der Waals surface area contributed by atoms with Gasteiger partial charge in [-0.3, -0.25) is 4.79 Å². The van der Waals surface area contributed by atoms with Gasteiger partial charge in [-0.2, -0.15) is 0 Å². The number of carbonyl (C=O) groups is 1. The smallest absolute Gasteiger partial charge is 0.272 e. The second kappa shape index (κ2) is 7.11. The number of nitrogens with one attached hydrogen (secondary N) is 1. The van der Waals surface area contributed by atoms with E-state index in [1.165, 1.54) is 0 Å². The van der Waals surface area contributed by atoms with Crippen molar-refractivity contribution in [2.45, 2.75) is 19.4 Å². The van der Waals surface area contributed by atoms with E-state index in [4.69, 9.17) is 9.47 Å². The van der Waals surface area contributed by atoms with Gasteiger partial charge in [0.25, 0.3) is 5.91 Å². The molecule has 6 heteroatoms. The van der Waals surface area contributed by atoms with Crippen LogP contribution in [0.15, 0.2) is 42.6 Å². The van der Waals surface area contributed by atoms with E-state index in [1.54, 1.807) is 25.4 Å². The summed E-state index contributed by atoms with van der Waals surface area (Å²) in [4.78, 5) is 18.7. The van der Waals surface area contributed by atoms with Crippen LogP contribution in [0, 0.1) is 0 Å². The second-order valence-electron chi connectivity index (χ2n) is 6.67. The van der Waals surface area contributed by atoms with Gasteiger partial charge in [-0.05, 0) is 38.1 Å². The maximum absolute atomic E-state index is 12.6. The zero-order chi connectivity index (χ0) is 17.9. The van der Waals surface area contributed by atoms with Gasteiger partial charge in [0.2, 0.25) is 0 Å². The number of piperazine rings is 1. The molecule has 1 amide bonds. The number of amides is 1. The molecule has 1 fully saturated rings. The van der Waals surface area contributed by atoms with Gasteiger partial charge in [0.05, 0.1) is 13.3 Å². The highest BCUT2D eigenvalue weighted by Gasteiger charge is 2.29. The molecule has 1 saturated heterocycles. The molecule has 0 atom stereocenters. The average molecular weight is 341 g/mol. The van der Waals surface area contributed by atoms with E-state index in [-0.39, 0.29) is 11.4 Å². The fourth-order valence-electron chi connectivity index (χ4n) is 2.87. The summed E-state index contributed by atoms with van der Waals surface area (Å²) >= 11 is 0. The van der Waals surface area contributed by atoms with E-state index in [0.717, 1.165) is 6.54 Å². The van der Waals surface area contributed by atoms with Gasteiger partial charge in [0.15, 0.2) is 11.5 Å². The third kappa shape index (κ3) is 4.09. The Morgan fingerprint density at radius 3 is 2.60 bits per heavy atom. The lowest BCUT2D eigenvalue weighted by Gasteiger charge is -2.38. The van der Waals surface area contributed by atoms with Crippen LogP contribution in [-0.2, 0) is 0 Å². The Morgan fingerprint density at radius 1 is 1.20 bits per heavy atom. The Balaban J connectivity index is 1.70. The first kappa shape index (κ1) is 17.2. The van der Waals surface area contributed by atoms with Crippen LogP contribution >= 0.6 is 0 Å². The van der Waals surface area contributed by atoms with Crippen molar-refractivity contribution in [2.24, 2.45) is 0 Å². The normalized spacial score (nSPS) is 16.4.